The molecule has 5 N–H and O–H groups in total. The van der Waals surface area contributed by atoms with Gasteiger partial charge in [-0.1, -0.05) is 193 Å². The van der Waals surface area contributed by atoms with Gasteiger partial charge in [0.2, 0.25) is 5.91 Å². The zero-order valence-corrected chi connectivity index (χ0v) is 32.0. The third-order valence-electron chi connectivity index (χ3n) is 9.98. The van der Waals surface area contributed by atoms with Gasteiger partial charge in [-0.2, -0.15) is 0 Å². The van der Waals surface area contributed by atoms with Crippen molar-refractivity contribution in [2.75, 3.05) is 6.61 Å². The minimum atomic E-state index is -1.26. The Morgan fingerprint density at radius 3 is 1.21 bits per heavy atom. The first-order chi connectivity index (χ1) is 23.5. The molecule has 0 spiro atoms. The Balaban J connectivity index is 3.74. The predicted octanol–water partition coefficient (Wildman–Crippen LogP) is 10.6. The largest absolute Gasteiger partial charge is 0.394 e. The normalized spacial score (nSPS) is 14.4. The van der Waals surface area contributed by atoms with E-state index in [2.05, 4.69) is 31.3 Å². The van der Waals surface area contributed by atoms with Crippen LogP contribution in [0.15, 0.2) is 12.2 Å². The number of hydrogen-bond donors (Lipinski definition) is 5. The summed E-state index contributed by atoms with van der Waals surface area (Å²) in [6.07, 6.45) is 39.5. The molecule has 286 valence electrons. The molecule has 48 heavy (non-hydrogen) atoms. The summed E-state index contributed by atoms with van der Waals surface area (Å²) in [6, 6.07) is -0.984. The van der Waals surface area contributed by atoms with Crippen molar-refractivity contribution in [3.8, 4) is 0 Å². The van der Waals surface area contributed by atoms with Crippen LogP contribution in [0.1, 0.15) is 219 Å². The number of amides is 1. The van der Waals surface area contributed by atoms with Crippen LogP contribution in [0.25, 0.3) is 0 Å². The Bertz CT molecular complexity index is 687. The molecule has 0 unspecified atom stereocenters. The van der Waals surface area contributed by atoms with E-state index in [1.54, 1.807) is 0 Å². The molecule has 0 aromatic heterocycles. The average molecular weight is 682 g/mol. The predicted molar refractivity (Wildman–Crippen MR) is 205 cm³/mol. The molecule has 0 heterocycles. The zero-order valence-electron chi connectivity index (χ0n) is 32.0. The lowest BCUT2D eigenvalue weighted by molar-refractivity contribution is -0.132. The lowest BCUT2D eigenvalue weighted by atomic mass is 9.99. The van der Waals surface area contributed by atoms with Crippen LogP contribution in [-0.2, 0) is 4.79 Å². The first-order valence-corrected chi connectivity index (χ1v) is 21.1. The number of rotatable bonds is 38. The van der Waals surface area contributed by atoms with Crippen LogP contribution in [0, 0.1) is 0 Å². The molecule has 0 aliphatic rings. The summed E-state index contributed by atoms with van der Waals surface area (Å²) >= 11 is 0. The van der Waals surface area contributed by atoms with Crippen molar-refractivity contribution in [1.82, 2.24) is 5.32 Å². The molecule has 6 heteroatoms. The summed E-state index contributed by atoms with van der Waals surface area (Å²) in [5.41, 5.74) is 0. The molecule has 0 aliphatic heterocycles. The van der Waals surface area contributed by atoms with Gasteiger partial charge in [0.1, 0.15) is 12.2 Å². The van der Waals surface area contributed by atoms with Crippen molar-refractivity contribution in [3.63, 3.8) is 0 Å². The van der Waals surface area contributed by atoms with Crippen molar-refractivity contribution in [3.05, 3.63) is 12.2 Å². The molecule has 1 amide bonds. The standard InChI is InChI=1S/C42H83NO5/c1-3-5-7-9-11-13-15-17-18-19-20-21-22-23-24-26-28-30-32-34-36-40(46)42(48)43-38(37-44)41(47)39(45)35-33-31-29-27-25-16-14-12-10-8-6-4-2/h22-23,38-41,44-47H,3-21,24-37H2,1-2H3,(H,43,48)/b23-22+/t38-,39+,40+,41-/m0/s1. The molecule has 0 radical (unpaired) electrons. The monoisotopic (exact) mass is 682 g/mol. The van der Waals surface area contributed by atoms with Gasteiger partial charge in [-0.15, -0.1) is 0 Å². The second-order valence-electron chi connectivity index (χ2n) is 14.7. The van der Waals surface area contributed by atoms with Crippen molar-refractivity contribution in [2.24, 2.45) is 0 Å². The number of aliphatic hydroxyl groups excluding tert-OH is 4. The summed E-state index contributed by atoms with van der Waals surface area (Å²) in [5.74, 6) is -0.589. The molecule has 6 nitrogen and oxygen atoms in total. The van der Waals surface area contributed by atoms with E-state index in [1.807, 2.05) is 0 Å². The highest BCUT2D eigenvalue weighted by molar-refractivity contribution is 5.80. The Morgan fingerprint density at radius 1 is 0.500 bits per heavy atom. The maximum atomic E-state index is 12.5. The quantitative estimate of drug-likeness (QED) is 0.0329. The van der Waals surface area contributed by atoms with E-state index in [0.717, 1.165) is 51.4 Å². The Morgan fingerprint density at radius 2 is 0.833 bits per heavy atom. The molecular weight excluding hydrogens is 598 g/mol. The van der Waals surface area contributed by atoms with Crippen LogP contribution in [-0.4, -0.2) is 57.3 Å². The lowest BCUT2D eigenvalue weighted by Crippen LogP contribution is -2.53. The molecule has 0 aliphatic carbocycles. The highest BCUT2D eigenvalue weighted by Gasteiger charge is 2.28. The summed E-state index contributed by atoms with van der Waals surface area (Å²) in [4.78, 5) is 12.5. The summed E-state index contributed by atoms with van der Waals surface area (Å²) in [6.45, 7) is 4.04. The topological polar surface area (TPSA) is 110 Å². The minimum absolute atomic E-state index is 0.361. The molecule has 4 atom stereocenters. The maximum absolute atomic E-state index is 12.5. The first-order valence-electron chi connectivity index (χ1n) is 21.1. The van der Waals surface area contributed by atoms with Crippen LogP contribution in [0.3, 0.4) is 0 Å². The Hall–Kier alpha value is -0.950. The summed E-state index contributed by atoms with van der Waals surface area (Å²) in [5, 5.41) is 43.6. The Labute approximate surface area is 298 Å². The Kier molecular flexibility index (Phi) is 36.6. The number of carbonyl (C=O) groups is 1. The average Bonchev–Trinajstić information content (AvgIpc) is 3.09. The summed E-state index contributed by atoms with van der Waals surface area (Å²) in [7, 11) is 0. The van der Waals surface area contributed by atoms with Gasteiger partial charge in [0, 0.05) is 0 Å². The number of allylic oxidation sites excluding steroid dienone is 2. The molecule has 0 aromatic rings. The number of nitrogens with one attached hydrogen (secondary N) is 1. The van der Waals surface area contributed by atoms with Crippen molar-refractivity contribution >= 4 is 5.91 Å². The van der Waals surface area contributed by atoms with Gasteiger partial charge in [0.25, 0.3) is 0 Å². The van der Waals surface area contributed by atoms with Gasteiger partial charge in [-0.05, 0) is 38.5 Å². The van der Waals surface area contributed by atoms with Gasteiger partial charge in [-0.3, -0.25) is 4.79 Å². The fourth-order valence-corrected chi connectivity index (χ4v) is 6.57. The highest BCUT2D eigenvalue weighted by atomic mass is 16.3. The van der Waals surface area contributed by atoms with E-state index in [0.29, 0.717) is 12.8 Å². The smallest absolute Gasteiger partial charge is 0.249 e. The minimum Gasteiger partial charge on any atom is -0.394 e. The number of unbranched alkanes of at least 4 members (excludes halogenated alkanes) is 27. The van der Waals surface area contributed by atoms with E-state index >= 15 is 0 Å². The van der Waals surface area contributed by atoms with E-state index in [9.17, 15) is 25.2 Å². The molecular formula is C42H83NO5. The summed E-state index contributed by atoms with van der Waals surface area (Å²) < 4.78 is 0. The molecule has 0 fully saturated rings. The van der Waals surface area contributed by atoms with Crippen molar-refractivity contribution in [1.29, 1.82) is 0 Å². The SMILES string of the molecule is CCCCCCCCCCCCC/C=C/CCCCCCC[C@@H](O)C(=O)N[C@@H](CO)[C@H](O)[C@H](O)CCCCCCCCCCCCCC. The highest BCUT2D eigenvalue weighted by Crippen LogP contribution is 2.16. The van der Waals surface area contributed by atoms with Gasteiger partial charge < -0.3 is 25.7 Å². The van der Waals surface area contributed by atoms with Gasteiger partial charge in [0.05, 0.1) is 18.8 Å². The van der Waals surface area contributed by atoms with E-state index in [4.69, 9.17) is 0 Å². The van der Waals surface area contributed by atoms with Crippen LogP contribution >= 0.6 is 0 Å². The number of hydrogen-bond acceptors (Lipinski definition) is 5. The fourth-order valence-electron chi connectivity index (χ4n) is 6.57. The lowest BCUT2D eigenvalue weighted by Gasteiger charge is -2.27. The zero-order chi connectivity index (χ0) is 35.3. The maximum Gasteiger partial charge on any atom is 0.249 e. The van der Waals surface area contributed by atoms with Crippen molar-refractivity contribution < 1.29 is 25.2 Å². The van der Waals surface area contributed by atoms with Gasteiger partial charge in [0.15, 0.2) is 0 Å². The van der Waals surface area contributed by atoms with E-state index in [1.165, 1.54) is 141 Å². The van der Waals surface area contributed by atoms with Crippen LogP contribution in [0.5, 0.6) is 0 Å². The third kappa shape index (κ3) is 31.1. The number of carbonyl (C=O) groups excluding carboxylic acids is 1. The van der Waals surface area contributed by atoms with Gasteiger partial charge in [-0.25, -0.2) is 0 Å². The molecule has 0 rings (SSSR count). The van der Waals surface area contributed by atoms with Crippen LogP contribution in [0.4, 0.5) is 0 Å². The molecule has 0 saturated carbocycles. The molecule has 0 bridgehead atoms. The molecule has 0 aromatic carbocycles. The van der Waals surface area contributed by atoms with E-state index in [-0.39, 0.29) is 0 Å². The van der Waals surface area contributed by atoms with Crippen LogP contribution < -0.4 is 5.32 Å². The fraction of sp³-hybridized carbons (Fsp3) is 0.929. The van der Waals surface area contributed by atoms with Crippen molar-refractivity contribution in [2.45, 2.75) is 244 Å². The van der Waals surface area contributed by atoms with E-state index < -0.39 is 36.9 Å². The van der Waals surface area contributed by atoms with Gasteiger partial charge >= 0.3 is 0 Å². The van der Waals surface area contributed by atoms with Crippen LogP contribution in [0.2, 0.25) is 0 Å². The number of aliphatic hydroxyl groups is 4. The second-order valence-corrected chi connectivity index (χ2v) is 14.7. The molecule has 0 saturated heterocycles. The second kappa shape index (κ2) is 37.3. The third-order valence-corrected chi connectivity index (χ3v) is 9.98. The first kappa shape index (κ1) is 47.0.